The largest absolute Gasteiger partial charge is 0.378 e. The van der Waals surface area contributed by atoms with Crippen molar-refractivity contribution in [1.29, 1.82) is 0 Å². The van der Waals surface area contributed by atoms with Gasteiger partial charge in [0.2, 0.25) is 5.13 Å². The summed E-state index contributed by atoms with van der Waals surface area (Å²) in [7, 11) is 0. The molecule has 5 heteroatoms. The lowest BCUT2D eigenvalue weighted by Gasteiger charge is -2.04. The van der Waals surface area contributed by atoms with Crippen molar-refractivity contribution in [2.45, 2.75) is 32.3 Å². The van der Waals surface area contributed by atoms with Crippen molar-refractivity contribution in [3.63, 3.8) is 0 Å². The van der Waals surface area contributed by atoms with E-state index in [4.69, 9.17) is 4.74 Å². The van der Waals surface area contributed by atoms with Crippen molar-refractivity contribution < 1.29 is 4.74 Å². The van der Waals surface area contributed by atoms with Crippen LogP contribution in [0.3, 0.4) is 0 Å². The molecule has 1 saturated heterocycles. The molecule has 1 unspecified atom stereocenters. The molecule has 0 amide bonds. The summed E-state index contributed by atoms with van der Waals surface area (Å²) in [5.74, 6) is 0.915. The molecule has 2 heterocycles. The second-order valence-electron chi connectivity index (χ2n) is 3.39. The minimum absolute atomic E-state index is 0.346. The fourth-order valence-electron chi connectivity index (χ4n) is 1.57. The standard InChI is InChI=1S/C9H15N3OS/c1-2-10-9-11-8(12-14-9)6-7-4-3-5-13-7/h7H,2-6H2,1H3,(H,10,11,12). The van der Waals surface area contributed by atoms with Gasteiger partial charge in [-0.15, -0.1) is 0 Å². The zero-order chi connectivity index (χ0) is 9.80. The van der Waals surface area contributed by atoms with Gasteiger partial charge in [-0.3, -0.25) is 0 Å². The first-order chi connectivity index (χ1) is 6.88. The number of hydrogen-bond acceptors (Lipinski definition) is 5. The quantitative estimate of drug-likeness (QED) is 0.827. The highest BCUT2D eigenvalue weighted by Crippen LogP contribution is 2.18. The van der Waals surface area contributed by atoms with Gasteiger partial charge in [-0.25, -0.2) is 4.98 Å². The van der Waals surface area contributed by atoms with Gasteiger partial charge < -0.3 is 10.1 Å². The Bertz CT molecular complexity index is 283. The normalized spacial score (nSPS) is 21.4. The topological polar surface area (TPSA) is 47.0 Å². The van der Waals surface area contributed by atoms with Crippen molar-refractivity contribution in [2.24, 2.45) is 0 Å². The highest BCUT2D eigenvalue weighted by molar-refractivity contribution is 7.09. The van der Waals surface area contributed by atoms with Crippen LogP contribution in [0.5, 0.6) is 0 Å². The number of nitrogens with one attached hydrogen (secondary N) is 1. The summed E-state index contributed by atoms with van der Waals surface area (Å²) in [5.41, 5.74) is 0. The Kier molecular flexibility index (Phi) is 3.31. The number of ether oxygens (including phenoxy) is 1. The molecule has 1 aliphatic heterocycles. The van der Waals surface area contributed by atoms with E-state index in [1.807, 2.05) is 0 Å². The molecule has 1 aliphatic rings. The van der Waals surface area contributed by atoms with Crippen molar-refractivity contribution in [1.82, 2.24) is 9.36 Å². The second-order valence-corrected chi connectivity index (χ2v) is 4.14. The summed E-state index contributed by atoms with van der Waals surface area (Å²) in [6.45, 7) is 3.85. The fraction of sp³-hybridized carbons (Fsp3) is 0.778. The van der Waals surface area contributed by atoms with Gasteiger partial charge in [0, 0.05) is 31.1 Å². The van der Waals surface area contributed by atoms with Gasteiger partial charge in [-0.2, -0.15) is 4.37 Å². The second kappa shape index (κ2) is 4.70. The molecular formula is C9H15N3OS. The van der Waals surface area contributed by atoms with E-state index in [2.05, 4.69) is 21.6 Å². The first-order valence-corrected chi connectivity index (χ1v) is 5.84. The fourth-order valence-corrected chi connectivity index (χ4v) is 2.23. The molecular weight excluding hydrogens is 198 g/mol. The number of aromatic nitrogens is 2. The minimum Gasteiger partial charge on any atom is -0.378 e. The van der Waals surface area contributed by atoms with E-state index < -0.39 is 0 Å². The van der Waals surface area contributed by atoms with Crippen molar-refractivity contribution in [3.05, 3.63) is 5.82 Å². The molecule has 2 rings (SSSR count). The van der Waals surface area contributed by atoms with E-state index in [-0.39, 0.29) is 0 Å². The molecule has 0 radical (unpaired) electrons. The van der Waals surface area contributed by atoms with Gasteiger partial charge in [0.1, 0.15) is 5.82 Å². The number of nitrogens with zero attached hydrogens (tertiary/aromatic N) is 2. The van der Waals surface area contributed by atoms with Crippen LogP contribution in [0.1, 0.15) is 25.6 Å². The van der Waals surface area contributed by atoms with Gasteiger partial charge in [-0.1, -0.05) is 0 Å². The maximum Gasteiger partial charge on any atom is 0.202 e. The van der Waals surface area contributed by atoms with E-state index >= 15 is 0 Å². The zero-order valence-electron chi connectivity index (χ0n) is 8.32. The zero-order valence-corrected chi connectivity index (χ0v) is 9.14. The summed E-state index contributed by atoms with van der Waals surface area (Å²) < 4.78 is 9.82. The Morgan fingerprint density at radius 3 is 3.29 bits per heavy atom. The van der Waals surface area contributed by atoms with Crippen LogP contribution in [0.2, 0.25) is 0 Å². The summed E-state index contributed by atoms with van der Waals surface area (Å²) in [4.78, 5) is 4.38. The molecule has 0 saturated carbocycles. The molecule has 14 heavy (non-hydrogen) atoms. The first-order valence-electron chi connectivity index (χ1n) is 5.06. The Hall–Kier alpha value is -0.680. The van der Waals surface area contributed by atoms with Crippen LogP contribution in [0.15, 0.2) is 0 Å². The van der Waals surface area contributed by atoms with E-state index in [0.717, 1.165) is 36.9 Å². The van der Waals surface area contributed by atoms with Crippen LogP contribution in [-0.2, 0) is 11.2 Å². The number of anilines is 1. The van der Waals surface area contributed by atoms with E-state index in [1.165, 1.54) is 18.0 Å². The lowest BCUT2D eigenvalue weighted by Crippen LogP contribution is -2.10. The van der Waals surface area contributed by atoms with Crippen LogP contribution >= 0.6 is 11.5 Å². The highest BCUT2D eigenvalue weighted by Gasteiger charge is 2.18. The van der Waals surface area contributed by atoms with E-state index in [1.54, 1.807) is 0 Å². The number of hydrogen-bond donors (Lipinski definition) is 1. The third kappa shape index (κ3) is 2.42. The predicted octanol–water partition coefficient (Wildman–Crippen LogP) is 1.69. The summed E-state index contributed by atoms with van der Waals surface area (Å²) in [5, 5.41) is 4.07. The Balaban J connectivity index is 1.88. The summed E-state index contributed by atoms with van der Waals surface area (Å²) in [6, 6.07) is 0. The number of rotatable bonds is 4. The van der Waals surface area contributed by atoms with Gasteiger partial charge in [0.05, 0.1) is 6.10 Å². The predicted molar refractivity (Wildman–Crippen MR) is 56.8 cm³/mol. The van der Waals surface area contributed by atoms with Crippen LogP contribution in [0.4, 0.5) is 5.13 Å². The average Bonchev–Trinajstić information content (AvgIpc) is 2.79. The van der Waals surface area contributed by atoms with Crippen LogP contribution in [0, 0.1) is 0 Å². The van der Waals surface area contributed by atoms with Crippen molar-refractivity contribution in [2.75, 3.05) is 18.5 Å². The molecule has 1 aromatic rings. The first kappa shape index (κ1) is 9.86. The molecule has 0 spiro atoms. The molecule has 1 N–H and O–H groups in total. The van der Waals surface area contributed by atoms with Crippen LogP contribution in [-0.4, -0.2) is 28.6 Å². The Labute approximate surface area is 87.9 Å². The lowest BCUT2D eigenvalue weighted by molar-refractivity contribution is 0.110. The molecule has 78 valence electrons. The van der Waals surface area contributed by atoms with Crippen LogP contribution < -0.4 is 5.32 Å². The van der Waals surface area contributed by atoms with E-state index in [0.29, 0.717) is 6.10 Å². The lowest BCUT2D eigenvalue weighted by atomic mass is 10.2. The molecule has 1 atom stereocenters. The monoisotopic (exact) mass is 213 g/mol. The highest BCUT2D eigenvalue weighted by atomic mass is 32.1. The van der Waals surface area contributed by atoms with Gasteiger partial charge >= 0.3 is 0 Å². The molecule has 1 aromatic heterocycles. The van der Waals surface area contributed by atoms with Crippen molar-refractivity contribution >= 4 is 16.7 Å². The third-order valence-electron chi connectivity index (χ3n) is 2.23. The Morgan fingerprint density at radius 2 is 2.57 bits per heavy atom. The Morgan fingerprint density at radius 1 is 1.64 bits per heavy atom. The summed E-state index contributed by atoms with van der Waals surface area (Å²) >= 11 is 1.43. The molecule has 4 nitrogen and oxygen atoms in total. The van der Waals surface area contributed by atoms with Gasteiger partial charge in [-0.05, 0) is 19.8 Å². The molecule has 0 bridgehead atoms. The smallest absolute Gasteiger partial charge is 0.202 e. The van der Waals surface area contributed by atoms with Gasteiger partial charge in [0.25, 0.3) is 0 Å². The molecule has 0 aromatic carbocycles. The maximum atomic E-state index is 5.53. The molecule has 0 aliphatic carbocycles. The minimum atomic E-state index is 0.346. The third-order valence-corrected chi connectivity index (χ3v) is 2.94. The molecule has 1 fully saturated rings. The van der Waals surface area contributed by atoms with E-state index in [9.17, 15) is 0 Å². The van der Waals surface area contributed by atoms with Crippen molar-refractivity contribution in [3.8, 4) is 0 Å². The van der Waals surface area contributed by atoms with Gasteiger partial charge in [0.15, 0.2) is 0 Å². The maximum absolute atomic E-state index is 5.53. The van der Waals surface area contributed by atoms with Crippen LogP contribution in [0.25, 0.3) is 0 Å². The average molecular weight is 213 g/mol. The SMILES string of the molecule is CCNc1nc(CC2CCCO2)ns1. The summed E-state index contributed by atoms with van der Waals surface area (Å²) in [6.07, 6.45) is 3.53.